The van der Waals surface area contributed by atoms with Crippen molar-refractivity contribution in [2.75, 3.05) is 51.2 Å². The number of ether oxygens (including phenoxy) is 2. The zero-order valence-electron chi connectivity index (χ0n) is 33.9. The Bertz CT molecular complexity index is 2570. The number of hydrogen-bond acceptors (Lipinski definition) is 11. The smallest absolute Gasteiger partial charge is 0.268 e. The van der Waals surface area contributed by atoms with Gasteiger partial charge >= 0.3 is 0 Å². The number of sulfonamides is 1. The summed E-state index contributed by atoms with van der Waals surface area (Å²) < 4.78 is 56.4. The van der Waals surface area contributed by atoms with Gasteiger partial charge in [-0.05, 0) is 91.1 Å². The first-order chi connectivity index (χ1) is 29.2. The van der Waals surface area contributed by atoms with Crippen LogP contribution >= 0.6 is 23.2 Å². The highest BCUT2D eigenvalue weighted by atomic mass is 35.5. The van der Waals surface area contributed by atoms with Gasteiger partial charge in [-0.25, -0.2) is 22.5 Å². The monoisotopic (exact) mass is 888 g/mol. The minimum Gasteiger partial charge on any atom is -0.473 e. The summed E-state index contributed by atoms with van der Waals surface area (Å²) in [5.41, 5.74) is 3.79. The van der Waals surface area contributed by atoms with Crippen LogP contribution < -0.4 is 24.8 Å². The predicted molar refractivity (Wildman–Crippen MR) is 234 cm³/mol. The Morgan fingerprint density at radius 2 is 1.80 bits per heavy atom. The van der Waals surface area contributed by atoms with Crippen molar-refractivity contribution >= 4 is 61.3 Å². The minimum atomic E-state index is -4.50. The van der Waals surface area contributed by atoms with E-state index in [1.807, 2.05) is 23.1 Å². The molecular weight excluding hydrogens is 843 g/mol. The fraction of sp³-hybridized carbons (Fsp3) is 0.364. The number of benzene rings is 3. The molecule has 0 radical (unpaired) electrons. The molecule has 7 rings (SSSR count). The molecule has 13 nitrogen and oxygen atoms in total. The molecule has 2 aromatic heterocycles. The number of likely N-dealkylation sites (tertiary alicyclic amines) is 1. The number of hydrogen-bond donors (Lipinski definition) is 4. The van der Waals surface area contributed by atoms with Crippen molar-refractivity contribution in [1.29, 1.82) is 5.26 Å². The van der Waals surface area contributed by atoms with Gasteiger partial charge in [0.15, 0.2) is 0 Å². The van der Waals surface area contributed by atoms with Gasteiger partial charge in [-0.15, -0.1) is 0 Å². The Morgan fingerprint density at radius 3 is 2.56 bits per heavy atom. The third kappa shape index (κ3) is 11.0. The molecule has 1 fully saturated rings. The Hall–Kier alpha value is -5.24. The molecule has 1 amide bonds. The van der Waals surface area contributed by atoms with Crippen molar-refractivity contribution in [3.63, 3.8) is 0 Å². The number of amides is 1. The van der Waals surface area contributed by atoms with Crippen LogP contribution in [0.2, 0.25) is 10.0 Å². The maximum Gasteiger partial charge on any atom is 0.268 e. The molecule has 0 bridgehead atoms. The predicted octanol–water partition coefficient (Wildman–Crippen LogP) is 8.55. The standard InChI is InChI=1S/C44H47Cl2FN8O5S/c1-43(2)13-12-30(35(24-43)29-6-8-31(45)9-7-29)25-49-17-18-50-32-10-11-34(40(22-32)60-39-5-3-4-38-36(39)27-52-53-38)41(56)54-61(57,58)33-23-37(46)42(51-26-33)59-28-44(47)14-19-55(20-15-44)21-16-48/h3-11,22-23,26-27,49-50H,12-15,17-21,24-25,28H2,1-2H3,(H,52,53)(H,54,56). The maximum absolute atomic E-state index is 15.4. The number of nitrogens with zero attached hydrogens (tertiary/aromatic N) is 4. The van der Waals surface area contributed by atoms with Crippen LogP contribution in [0, 0.1) is 16.7 Å². The number of H-pyrrole nitrogens is 1. The van der Waals surface area contributed by atoms with Crippen LogP contribution in [0.5, 0.6) is 17.4 Å². The lowest BCUT2D eigenvalue weighted by atomic mass is 9.72. The molecule has 320 valence electrons. The lowest BCUT2D eigenvalue weighted by Crippen LogP contribution is -2.45. The van der Waals surface area contributed by atoms with Gasteiger partial charge in [-0.1, -0.05) is 60.8 Å². The second-order valence-corrected chi connectivity index (χ2v) is 18.7. The Balaban J connectivity index is 1.02. The van der Waals surface area contributed by atoms with Crippen molar-refractivity contribution in [1.82, 2.24) is 30.1 Å². The molecule has 2 aliphatic rings. The molecular formula is C44H47Cl2FN8O5S. The van der Waals surface area contributed by atoms with Crippen LogP contribution in [0.25, 0.3) is 16.5 Å². The quantitative estimate of drug-likeness (QED) is 0.0552. The van der Waals surface area contributed by atoms with Crippen LogP contribution in [0.4, 0.5) is 10.1 Å². The lowest BCUT2D eigenvalue weighted by molar-refractivity contribution is 0.0196. The topological polar surface area (TPSA) is 174 Å². The van der Waals surface area contributed by atoms with Gasteiger partial charge in [0.05, 0.1) is 41.5 Å². The number of halogens is 3. The van der Waals surface area contributed by atoms with E-state index in [0.29, 0.717) is 53.5 Å². The highest BCUT2D eigenvalue weighted by Gasteiger charge is 2.36. The average molecular weight is 890 g/mol. The fourth-order valence-corrected chi connectivity index (χ4v) is 8.87. The Labute approximate surface area is 364 Å². The summed E-state index contributed by atoms with van der Waals surface area (Å²) in [4.78, 5) is 19.2. The molecule has 3 aromatic carbocycles. The number of anilines is 1. The van der Waals surface area contributed by atoms with Gasteiger partial charge in [0, 0.05) is 49.5 Å². The van der Waals surface area contributed by atoms with E-state index in [9.17, 15) is 13.2 Å². The van der Waals surface area contributed by atoms with E-state index in [1.165, 1.54) is 22.8 Å². The molecule has 1 aliphatic carbocycles. The van der Waals surface area contributed by atoms with Crippen molar-refractivity contribution in [2.24, 2.45) is 5.41 Å². The summed E-state index contributed by atoms with van der Waals surface area (Å²) >= 11 is 12.5. The van der Waals surface area contributed by atoms with Crippen LogP contribution in [-0.4, -0.2) is 86.0 Å². The van der Waals surface area contributed by atoms with Crippen LogP contribution in [0.15, 0.2) is 89.6 Å². The number of fused-ring (bicyclic) bond motifs is 1. The largest absolute Gasteiger partial charge is 0.473 e. The number of alkyl halides is 1. The molecule has 61 heavy (non-hydrogen) atoms. The van der Waals surface area contributed by atoms with Crippen molar-refractivity contribution in [3.05, 3.63) is 106 Å². The van der Waals surface area contributed by atoms with E-state index < -0.39 is 26.5 Å². The van der Waals surface area contributed by atoms with E-state index in [0.717, 1.165) is 38.1 Å². The van der Waals surface area contributed by atoms with Gasteiger partial charge in [-0.2, -0.15) is 10.4 Å². The number of piperidine rings is 1. The SMILES string of the molecule is CC1(C)CCC(CNCCNc2ccc(C(=O)NS(=O)(=O)c3cnc(OCC4(F)CCN(CC#N)CC4)c(Cl)c3)c(Oc3cccc4[nH]ncc34)c2)=C(c2ccc(Cl)cc2)C1. The molecule has 3 heterocycles. The first-order valence-electron chi connectivity index (χ1n) is 20.0. The molecule has 0 unspecified atom stereocenters. The zero-order valence-corrected chi connectivity index (χ0v) is 36.2. The summed E-state index contributed by atoms with van der Waals surface area (Å²) in [5, 5.41) is 24.1. The van der Waals surface area contributed by atoms with E-state index in [1.54, 1.807) is 30.5 Å². The normalized spacial score (nSPS) is 16.5. The van der Waals surface area contributed by atoms with Crippen molar-refractivity contribution < 1.29 is 27.1 Å². The third-order valence-electron chi connectivity index (χ3n) is 11.1. The number of nitriles is 1. The zero-order chi connectivity index (χ0) is 43.2. The van der Waals surface area contributed by atoms with Crippen molar-refractivity contribution in [3.8, 4) is 23.4 Å². The van der Waals surface area contributed by atoms with Crippen LogP contribution in [0.1, 0.15) is 61.9 Å². The van der Waals surface area contributed by atoms with Crippen LogP contribution in [-0.2, 0) is 10.0 Å². The first kappa shape index (κ1) is 43.8. The number of allylic oxidation sites excluding steroid dienone is 1. The number of pyridine rings is 1. The second-order valence-electron chi connectivity index (χ2n) is 16.2. The van der Waals surface area contributed by atoms with Crippen LogP contribution in [0.3, 0.4) is 0 Å². The van der Waals surface area contributed by atoms with E-state index >= 15 is 4.39 Å². The van der Waals surface area contributed by atoms with E-state index in [4.69, 9.17) is 37.9 Å². The highest BCUT2D eigenvalue weighted by molar-refractivity contribution is 7.90. The number of nitrogens with one attached hydrogen (secondary N) is 4. The van der Waals surface area contributed by atoms with Gasteiger partial charge in [-0.3, -0.25) is 14.8 Å². The fourth-order valence-electron chi connectivity index (χ4n) is 7.52. The van der Waals surface area contributed by atoms with Gasteiger partial charge in [0.1, 0.15) is 33.7 Å². The second kappa shape index (κ2) is 18.8. The van der Waals surface area contributed by atoms with Crippen molar-refractivity contribution in [2.45, 2.75) is 56.5 Å². The summed E-state index contributed by atoms with van der Waals surface area (Å²) in [5.74, 6) is -0.609. The molecule has 0 atom stereocenters. The molecule has 0 spiro atoms. The average Bonchev–Trinajstić information content (AvgIpc) is 3.72. The molecule has 1 aliphatic heterocycles. The molecule has 17 heteroatoms. The summed E-state index contributed by atoms with van der Waals surface area (Å²) in [6, 6.07) is 21.3. The van der Waals surface area contributed by atoms with Gasteiger partial charge in [0.2, 0.25) is 5.88 Å². The Morgan fingerprint density at radius 1 is 1.02 bits per heavy atom. The number of aromatic amines is 1. The number of carbonyl (C=O) groups is 1. The number of aromatic nitrogens is 3. The highest BCUT2D eigenvalue weighted by Crippen LogP contribution is 2.43. The number of rotatable bonds is 16. The minimum absolute atomic E-state index is 0.0530. The molecule has 4 N–H and O–H groups in total. The van der Waals surface area contributed by atoms with Gasteiger partial charge in [0.25, 0.3) is 15.9 Å². The molecule has 5 aromatic rings. The van der Waals surface area contributed by atoms with E-state index in [2.05, 4.69) is 62.6 Å². The maximum atomic E-state index is 15.4. The summed E-state index contributed by atoms with van der Waals surface area (Å²) in [6.07, 6.45) is 6.00. The number of carbonyl (C=O) groups excluding carboxylic acids is 1. The third-order valence-corrected chi connectivity index (χ3v) is 12.9. The van der Waals surface area contributed by atoms with Gasteiger partial charge < -0.3 is 20.1 Å². The summed E-state index contributed by atoms with van der Waals surface area (Å²) in [6.45, 7) is 7.22. The lowest BCUT2D eigenvalue weighted by Gasteiger charge is -2.34. The molecule has 1 saturated heterocycles. The molecule has 0 saturated carbocycles. The summed E-state index contributed by atoms with van der Waals surface area (Å²) in [7, 11) is -4.50. The van der Waals surface area contributed by atoms with E-state index in [-0.39, 0.29) is 53.6 Å². The Kier molecular flexibility index (Phi) is 13.5. The first-order valence-corrected chi connectivity index (χ1v) is 22.2.